The minimum Gasteiger partial charge on any atom is -0.316 e. The van der Waals surface area contributed by atoms with E-state index in [0.717, 1.165) is 15.3 Å². The Morgan fingerprint density at radius 1 is 1.14 bits per heavy atom. The summed E-state index contributed by atoms with van der Waals surface area (Å²) in [6, 6.07) is 9.61. The molecule has 28 heavy (non-hydrogen) atoms. The van der Waals surface area contributed by atoms with Gasteiger partial charge < -0.3 is 5.32 Å². The average Bonchev–Trinajstić information content (AvgIpc) is 3.09. The van der Waals surface area contributed by atoms with E-state index in [0.29, 0.717) is 27.6 Å². The molecule has 2 heterocycles. The Morgan fingerprint density at radius 2 is 1.82 bits per heavy atom. The molecule has 0 radical (unpaired) electrons. The lowest BCUT2D eigenvalue weighted by molar-refractivity contribution is -0.142. The zero-order valence-electron chi connectivity index (χ0n) is 15.6. The summed E-state index contributed by atoms with van der Waals surface area (Å²) < 4.78 is 38.9. The minimum atomic E-state index is -4.36. The van der Waals surface area contributed by atoms with Gasteiger partial charge in [0.1, 0.15) is 16.6 Å². The summed E-state index contributed by atoms with van der Waals surface area (Å²) >= 11 is 1.36. The van der Waals surface area contributed by atoms with E-state index in [2.05, 4.69) is 15.4 Å². The van der Waals surface area contributed by atoms with Gasteiger partial charge in [0, 0.05) is 16.8 Å². The zero-order valence-corrected chi connectivity index (χ0v) is 16.4. The summed E-state index contributed by atoms with van der Waals surface area (Å²) in [7, 11) is 0. The number of carbonyl (C=O) groups is 1. The summed E-state index contributed by atoms with van der Waals surface area (Å²) in [6.45, 7) is 3.78. The van der Waals surface area contributed by atoms with Gasteiger partial charge in [0.25, 0.3) is 0 Å². The second kappa shape index (κ2) is 7.75. The number of hydrogen-bond donors (Lipinski definition) is 1. The van der Waals surface area contributed by atoms with E-state index >= 15 is 0 Å². The average molecular weight is 408 g/mol. The van der Waals surface area contributed by atoms with Crippen LogP contribution in [0.3, 0.4) is 0 Å². The van der Waals surface area contributed by atoms with Crippen molar-refractivity contribution in [1.82, 2.24) is 14.8 Å². The molecular weight excluding hydrogens is 389 g/mol. The summed E-state index contributed by atoms with van der Waals surface area (Å²) in [5.41, 5.74) is 2.92. The van der Waals surface area contributed by atoms with Crippen LogP contribution in [0.25, 0.3) is 10.6 Å². The standard InChI is InChI=1S/C19H19F3N4OS/c1-11-15(13(3)26(25-11)10-19(20,21)22)9-16(27)24-17-12(2)23-18(28-17)14-7-5-4-6-8-14/h4-8H,9-10H2,1-3H3,(H,24,27). The number of thiazole rings is 1. The monoisotopic (exact) mass is 408 g/mol. The smallest absolute Gasteiger partial charge is 0.316 e. The molecule has 3 rings (SSSR count). The molecule has 0 fully saturated rings. The van der Waals surface area contributed by atoms with Crippen LogP contribution >= 0.6 is 11.3 Å². The number of amides is 1. The number of carbonyl (C=O) groups excluding carboxylic acids is 1. The Labute approximate surface area is 164 Å². The first-order valence-electron chi connectivity index (χ1n) is 8.56. The minimum absolute atomic E-state index is 0.0481. The van der Waals surface area contributed by atoms with Gasteiger partial charge in [-0.15, -0.1) is 0 Å². The van der Waals surface area contributed by atoms with Crippen molar-refractivity contribution in [3.05, 3.63) is 53.0 Å². The Hall–Kier alpha value is -2.68. The predicted octanol–water partition coefficient (Wildman–Crippen LogP) is 4.68. The highest BCUT2D eigenvalue weighted by Crippen LogP contribution is 2.31. The number of halogens is 3. The van der Waals surface area contributed by atoms with Crippen LogP contribution in [0.5, 0.6) is 0 Å². The highest BCUT2D eigenvalue weighted by Gasteiger charge is 2.30. The quantitative estimate of drug-likeness (QED) is 0.667. The summed E-state index contributed by atoms with van der Waals surface area (Å²) in [6.07, 6.45) is -4.41. The first-order chi connectivity index (χ1) is 13.1. The fourth-order valence-corrected chi connectivity index (χ4v) is 3.85. The van der Waals surface area contributed by atoms with Crippen molar-refractivity contribution in [1.29, 1.82) is 0 Å². The summed E-state index contributed by atoms with van der Waals surface area (Å²) in [4.78, 5) is 17.0. The van der Waals surface area contributed by atoms with Crippen LogP contribution in [0.1, 0.15) is 22.6 Å². The van der Waals surface area contributed by atoms with Crippen molar-refractivity contribution < 1.29 is 18.0 Å². The maximum absolute atomic E-state index is 12.7. The first kappa shape index (κ1) is 20.1. The van der Waals surface area contributed by atoms with E-state index in [9.17, 15) is 18.0 Å². The fourth-order valence-electron chi connectivity index (χ4n) is 2.86. The second-order valence-corrected chi connectivity index (χ2v) is 7.45. The van der Waals surface area contributed by atoms with Crippen LogP contribution < -0.4 is 5.32 Å². The molecule has 3 aromatic rings. The van der Waals surface area contributed by atoms with Gasteiger partial charge in [-0.3, -0.25) is 9.48 Å². The van der Waals surface area contributed by atoms with E-state index in [-0.39, 0.29) is 12.3 Å². The molecule has 1 amide bonds. The third kappa shape index (κ3) is 4.59. The third-order valence-corrected chi connectivity index (χ3v) is 5.39. The van der Waals surface area contributed by atoms with Crippen LogP contribution in [-0.4, -0.2) is 26.8 Å². The lowest BCUT2D eigenvalue weighted by Gasteiger charge is -2.08. The molecular formula is C19H19F3N4OS. The number of hydrogen-bond acceptors (Lipinski definition) is 4. The number of alkyl halides is 3. The lowest BCUT2D eigenvalue weighted by Crippen LogP contribution is -2.20. The van der Waals surface area contributed by atoms with Crippen molar-refractivity contribution in [2.75, 3.05) is 5.32 Å². The molecule has 0 bridgehead atoms. The summed E-state index contributed by atoms with van der Waals surface area (Å²) in [5, 5.41) is 8.16. The Balaban J connectivity index is 1.74. The first-order valence-corrected chi connectivity index (χ1v) is 9.38. The van der Waals surface area contributed by atoms with Gasteiger partial charge in [-0.05, 0) is 20.8 Å². The Bertz CT molecular complexity index is 993. The van der Waals surface area contributed by atoms with E-state index in [1.807, 2.05) is 30.3 Å². The third-order valence-electron chi connectivity index (χ3n) is 4.27. The van der Waals surface area contributed by atoms with Crippen LogP contribution in [0, 0.1) is 20.8 Å². The number of anilines is 1. The predicted molar refractivity (Wildman–Crippen MR) is 102 cm³/mol. The van der Waals surface area contributed by atoms with Crippen molar-refractivity contribution in [3.8, 4) is 10.6 Å². The zero-order chi connectivity index (χ0) is 20.5. The van der Waals surface area contributed by atoms with Crippen LogP contribution in [0.4, 0.5) is 18.2 Å². The summed E-state index contributed by atoms with van der Waals surface area (Å²) in [5.74, 6) is -0.316. The highest BCUT2D eigenvalue weighted by molar-refractivity contribution is 7.19. The van der Waals surface area contributed by atoms with Crippen LogP contribution in [-0.2, 0) is 17.8 Å². The molecule has 5 nitrogen and oxygen atoms in total. The fraction of sp³-hybridized carbons (Fsp3) is 0.316. The molecule has 0 saturated carbocycles. The molecule has 0 atom stereocenters. The number of aryl methyl sites for hydroxylation is 2. The van der Waals surface area contributed by atoms with Crippen LogP contribution in [0.15, 0.2) is 30.3 Å². The molecule has 0 spiro atoms. The van der Waals surface area contributed by atoms with E-state index in [1.165, 1.54) is 11.3 Å². The van der Waals surface area contributed by atoms with Gasteiger partial charge in [-0.1, -0.05) is 41.7 Å². The maximum atomic E-state index is 12.7. The van der Waals surface area contributed by atoms with Crippen molar-refractivity contribution >= 4 is 22.2 Å². The molecule has 0 aliphatic heterocycles. The number of nitrogens with one attached hydrogen (secondary N) is 1. The second-order valence-electron chi connectivity index (χ2n) is 6.45. The van der Waals surface area contributed by atoms with E-state index < -0.39 is 12.7 Å². The Morgan fingerprint density at radius 3 is 2.46 bits per heavy atom. The van der Waals surface area contributed by atoms with Gasteiger partial charge in [0.05, 0.1) is 17.8 Å². The molecule has 1 aromatic carbocycles. The van der Waals surface area contributed by atoms with Crippen molar-refractivity contribution in [2.24, 2.45) is 0 Å². The molecule has 2 aromatic heterocycles. The molecule has 9 heteroatoms. The van der Waals surface area contributed by atoms with Gasteiger partial charge in [-0.25, -0.2) is 4.98 Å². The molecule has 1 N–H and O–H groups in total. The van der Waals surface area contributed by atoms with Crippen molar-refractivity contribution in [2.45, 2.75) is 39.9 Å². The van der Waals surface area contributed by atoms with Crippen LogP contribution in [0.2, 0.25) is 0 Å². The number of nitrogens with zero attached hydrogens (tertiary/aromatic N) is 3. The molecule has 148 valence electrons. The highest BCUT2D eigenvalue weighted by atomic mass is 32.1. The molecule has 0 aliphatic carbocycles. The van der Waals surface area contributed by atoms with Gasteiger partial charge >= 0.3 is 6.18 Å². The Kier molecular flexibility index (Phi) is 5.55. The normalized spacial score (nSPS) is 11.6. The number of rotatable bonds is 5. The molecule has 0 saturated heterocycles. The van der Waals surface area contributed by atoms with E-state index in [4.69, 9.17) is 0 Å². The SMILES string of the molecule is Cc1nc(-c2ccccc2)sc1NC(=O)Cc1c(C)nn(CC(F)(F)F)c1C. The number of benzene rings is 1. The van der Waals surface area contributed by atoms with E-state index in [1.54, 1.807) is 20.8 Å². The topological polar surface area (TPSA) is 59.8 Å². The lowest BCUT2D eigenvalue weighted by atomic mass is 10.1. The van der Waals surface area contributed by atoms with Gasteiger partial charge in [-0.2, -0.15) is 18.3 Å². The maximum Gasteiger partial charge on any atom is 0.408 e. The van der Waals surface area contributed by atoms with Gasteiger partial charge in [0.2, 0.25) is 5.91 Å². The van der Waals surface area contributed by atoms with Gasteiger partial charge in [0.15, 0.2) is 0 Å². The molecule has 0 aliphatic rings. The number of aromatic nitrogens is 3. The molecule has 0 unspecified atom stereocenters. The largest absolute Gasteiger partial charge is 0.408 e. The van der Waals surface area contributed by atoms with Crippen molar-refractivity contribution in [3.63, 3.8) is 0 Å².